The summed E-state index contributed by atoms with van der Waals surface area (Å²) in [7, 11) is 0. The highest BCUT2D eigenvalue weighted by molar-refractivity contribution is 9.09. The first-order valence-corrected chi connectivity index (χ1v) is 12.4. The van der Waals surface area contributed by atoms with Gasteiger partial charge in [-0.3, -0.25) is 19.2 Å². The lowest BCUT2D eigenvalue weighted by atomic mass is 9.46. The summed E-state index contributed by atoms with van der Waals surface area (Å²) >= 11 is 3.79. The molecule has 0 aliphatic heterocycles. The third-order valence-electron chi connectivity index (χ3n) is 8.79. The van der Waals surface area contributed by atoms with Crippen LogP contribution in [0.2, 0.25) is 0 Å². The molecule has 7 nitrogen and oxygen atoms in total. The second kappa shape index (κ2) is 8.15. The smallest absolute Gasteiger partial charge is 0.303 e. The molecule has 4 aliphatic carbocycles. The Kier molecular flexibility index (Phi) is 6.01. The fourth-order valence-electron chi connectivity index (χ4n) is 7.37. The van der Waals surface area contributed by atoms with Gasteiger partial charge in [0, 0.05) is 35.4 Å². The Morgan fingerprint density at radius 2 is 1.91 bits per heavy atom. The van der Waals surface area contributed by atoms with Gasteiger partial charge in [-0.05, 0) is 55.2 Å². The molecule has 0 spiro atoms. The topological polar surface area (TPSA) is 107 Å². The first-order chi connectivity index (χ1) is 15.3. The van der Waals surface area contributed by atoms with Gasteiger partial charge in [0.2, 0.25) is 5.78 Å². The molecular formula is C25H31BrO7. The first-order valence-electron chi connectivity index (χ1n) is 11.5. The van der Waals surface area contributed by atoms with Crippen molar-refractivity contribution in [3.63, 3.8) is 0 Å². The molecule has 3 saturated carbocycles. The molecular weight excluding hydrogens is 492 g/mol. The number of hydrogen-bond donors (Lipinski definition) is 1. The lowest BCUT2D eigenvalue weighted by Crippen LogP contribution is -2.63. The number of rotatable bonds is 4. The Labute approximate surface area is 202 Å². The molecule has 4 rings (SSSR count). The number of carbonyl (C=O) groups excluding carboxylic acids is 4. The third kappa shape index (κ3) is 3.64. The molecule has 0 aromatic heterocycles. The highest BCUT2D eigenvalue weighted by Crippen LogP contribution is 2.68. The van der Waals surface area contributed by atoms with E-state index in [1.165, 1.54) is 13.8 Å². The van der Waals surface area contributed by atoms with Gasteiger partial charge in [-0.2, -0.15) is 0 Å². The van der Waals surface area contributed by atoms with E-state index in [0.717, 1.165) is 5.57 Å². The molecule has 0 heterocycles. The second-order valence-electron chi connectivity index (χ2n) is 10.5. The van der Waals surface area contributed by atoms with E-state index < -0.39 is 46.9 Å². The molecule has 0 aromatic carbocycles. The van der Waals surface area contributed by atoms with Crippen LogP contribution in [-0.4, -0.2) is 51.8 Å². The summed E-state index contributed by atoms with van der Waals surface area (Å²) in [6, 6.07) is 0. The minimum atomic E-state index is -1.67. The summed E-state index contributed by atoms with van der Waals surface area (Å²) in [5.41, 5.74) is -2.02. The molecule has 8 atom stereocenters. The Hall–Kier alpha value is -1.80. The molecule has 8 heteroatoms. The van der Waals surface area contributed by atoms with E-state index in [4.69, 9.17) is 9.47 Å². The predicted molar refractivity (Wildman–Crippen MR) is 122 cm³/mol. The van der Waals surface area contributed by atoms with E-state index >= 15 is 0 Å². The van der Waals surface area contributed by atoms with Gasteiger partial charge >= 0.3 is 11.9 Å². The zero-order valence-corrected chi connectivity index (χ0v) is 21.0. The zero-order chi connectivity index (χ0) is 24.3. The van der Waals surface area contributed by atoms with Gasteiger partial charge in [0.1, 0.15) is 11.7 Å². The summed E-state index contributed by atoms with van der Waals surface area (Å²) in [5, 5.41) is 11.7. The molecule has 3 fully saturated rings. The molecule has 33 heavy (non-hydrogen) atoms. The SMILES string of the molecule is CC(=O)OCC(=O)[C@@]1(O)CC[C@H]2[C@@H]3C[C@@H](Br)C4=CC(=O)C=C[C@]4(C)[C@H]3[C@@H](OC(C)=O)C[C@@]21C. The first kappa shape index (κ1) is 24.3. The number of ether oxygens (including phenoxy) is 2. The van der Waals surface area contributed by atoms with Crippen molar-refractivity contribution in [1.29, 1.82) is 0 Å². The minimum Gasteiger partial charge on any atom is -0.462 e. The number of hydrogen-bond acceptors (Lipinski definition) is 7. The Balaban J connectivity index is 1.77. The molecule has 0 bridgehead atoms. The number of carbonyl (C=O) groups is 4. The van der Waals surface area contributed by atoms with Crippen LogP contribution in [0.3, 0.4) is 0 Å². The number of ketones is 2. The Morgan fingerprint density at radius 1 is 1.21 bits per heavy atom. The second-order valence-corrected chi connectivity index (χ2v) is 11.6. The van der Waals surface area contributed by atoms with Crippen molar-refractivity contribution in [1.82, 2.24) is 0 Å². The lowest BCUT2D eigenvalue weighted by molar-refractivity contribution is -0.192. The molecule has 1 N–H and O–H groups in total. The van der Waals surface area contributed by atoms with E-state index in [-0.39, 0.29) is 34.8 Å². The number of halogens is 1. The average molecular weight is 523 g/mol. The van der Waals surface area contributed by atoms with Crippen molar-refractivity contribution < 1.29 is 33.8 Å². The standard InChI is InChI=1S/C25H31BrO7/c1-13(27)32-12-21(30)25(31)8-6-17-16-10-19(26)18-9-15(29)5-7-23(18,3)22(16)20(33-14(2)28)11-24(17,25)4/h5,7,9,16-17,19-20,22,31H,6,8,10-12H2,1-4H3/t16-,17-,19+,20-,22+,23-,24-,25-/m0/s1. The molecule has 0 radical (unpaired) electrons. The van der Waals surface area contributed by atoms with Gasteiger partial charge < -0.3 is 14.6 Å². The number of aliphatic hydroxyl groups is 1. The van der Waals surface area contributed by atoms with Gasteiger partial charge in [-0.25, -0.2) is 0 Å². The number of Topliss-reactive ketones (excluding diaryl/α,β-unsaturated/α-hetero) is 1. The fourth-order valence-corrected chi connectivity index (χ4v) is 8.43. The lowest BCUT2D eigenvalue weighted by Gasteiger charge is -2.60. The van der Waals surface area contributed by atoms with Gasteiger partial charge in [0.15, 0.2) is 12.4 Å². The van der Waals surface area contributed by atoms with Crippen LogP contribution in [0.15, 0.2) is 23.8 Å². The molecule has 180 valence electrons. The minimum absolute atomic E-state index is 0.00467. The van der Waals surface area contributed by atoms with Crippen molar-refractivity contribution in [3.8, 4) is 0 Å². The van der Waals surface area contributed by atoms with Crippen molar-refractivity contribution in [2.75, 3.05) is 6.61 Å². The van der Waals surface area contributed by atoms with Crippen LogP contribution in [-0.2, 0) is 28.7 Å². The Bertz CT molecular complexity index is 970. The summed E-state index contributed by atoms with van der Waals surface area (Å²) in [4.78, 5) is 48.6. The maximum Gasteiger partial charge on any atom is 0.303 e. The molecule has 0 unspecified atom stereocenters. The third-order valence-corrected chi connectivity index (χ3v) is 9.66. The monoisotopic (exact) mass is 522 g/mol. The van der Waals surface area contributed by atoms with Crippen LogP contribution >= 0.6 is 15.9 Å². The van der Waals surface area contributed by atoms with E-state index in [1.807, 2.05) is 13.0 Å². The molecule has 0 amide bonds. The number of alkyl halides is 1. The van der Waals surface area contributed by atoms with Crippen LogP contribution in [0.1, 0.15) is 53.4 Å². The predicted octanol–water partition coefficient (Wildman–Crippen LogP) is 3.07. The quantitative estimate of drug-likeness (QED) is 0.446. The molecule has 4 aliphatic rings. The summed E-state index contributed by atoms with van der Waals surface area (Å²) < 4.78 is 10.8. The van der Waals surface area contributed by atoms with Gasteiger partial charge in [0.05, 0.1) is 0 Å². The molecule has 0 aromatic rings. The van der Waals surface area contributed by atoms with Crippen molar-refractivity contribution in [2.24, 2.45) is 28.6 Å². The van der Waals surface area contributed by atoms with E-state index in [9.17, 15) is 24.3 Å². The van der Waals surface area contributed by atoms with Crippen molar-refractivity contribution >= 4 is 39.4 Å². The van der Waals surface area contributed by atoms with Crippen LogP contribution < -0.4 is 0 Å². The van der Waals surface area contributed by atoms with Gasteiger partial charge in [0.25, 0.3) is 0 Å². The fraction of sp³-hybridized carbons (Fsp3) is 0.680. The highest BCUT2D eigenvalue weighted by atomic mass is 79.9. The number of fused-ring (bicyclic) bond motifs is 5. The van der Waals surface area contributed by atoms with E-state index in [0.29, 0.717) is 19.3 Å². The Morgan fingerprint density at radius 3 is 2.55 bits per heavy atom. The summed E-state index contributed by atoms with van der Waals surface area (Å²) in [6.07, 6.45) is 6.60. The van der Waals surface area contributed by atoms with Crippen LogP contribution in [0.25, 0.3) is 0 Å². The van der Waals surface area contributed by atoms with Crippen molar-refractivity contribution in [3.05, 3.63) is 23.8 Å². The zero-order valence-electron chi connectivity index (χ0n) is 19.4. The van der Waals surface area contributed by atoms with Crippen LogP contribution in [0.4, 0.5) is 0 Å². The summed E-state index contributed by atoms with van der Waals surface area (Å²) in [5.74, 6) is -1.59. The van der Waals surface area contributed by atoms with Gasteiger partial charge in [-0.1, -0.05) is 35.9 Å². The van der Waals surface area contributed by atoms with Crippen molar-refractivity contribution in [2.45, 2.75) is 69.9 Å². The number of esters is 2. The largest absolute Gasteiger partial charge is 0.462 e. The summed E-state index contributed by atoms with van der Waals surface area (Å²) in [6.45, 7) is 6.10. The van der Waals surface area contributed by atoms with Crippen LogP contribution in [0.5, 0.6) is 0 Å². The van der Waals surface area contributed by atoms with E-state index in [1.54, 1.807) is 12.2 Å². The molecule has 0 saturated heterocycles. The average Bonchev–Trinajstić information content (AvgIpc) is 2.98. The van der Waals surface area contributed by atoms with E-state index in [2.05, 4.69) is 22.9 Å². The number of allylic oxidation sites excluding steroid dienone is 4. The highest BCUT2D eigenvalue weighted by Gasteiger charge is 2.69. The van der Waals surface area contributed by atoms with Gasteiger partial charge in [-0.15, -0.1) is 0 Å². The maximum atomic E-state index is 13.1. The maximum absolute atomic E-state index is 13.1. The van der Waals surface area contributed by atoms with Crippen LogP contribution in [0, 0.1) is 28.6 Å². The normalized spacial score (nSPS) is 43.6.